The molecule has 132 valence electrons. The van der Waals surface area contributed by atoms with Crippen molar-refractivity contribution in [3.05, 3.63) is 45.4 Å². The molecule has 3 rings (SSSR count). The molecule has 2 heterocycles. The average Bonchev–Trinajstić information content (AvgIpc) is 3.03. The Hall–Kier alpha value is -1.86. The molecule has 0 spiro atoms. The summed E-state index contributed by atoms with van der Waals surface area (Å²) < 4.78 is 10.8. The van der Waals surface area contributed by atoms with Crippen LogP contribution in [0.4, 0.5) is 0 Å². The molecular formula is C17H24N2O5. The summed E-state index contributed by atoms with van der Waals surface area (Å²) in [6.45, 7) is 5.46. The van der Waals surface area contributed by atoms with Gasteiger partial charge in [-0.3, -0.25) is 15.0 Å². The molecule has 7 nitrogen and oxygen atoms in total. The lowest BCUT2D eigenvalue weighted by atomic mass is 9.84. The predicted octanol–water partition coefficient (Wildman–Crippen LogP) is 2.53. The van der Waals surface area contributed by atoms with Crippen LogP contribution in [0, 0.1) is 10.1 Å². The van der Waals surface area contributed by atoms with E-state index in [1.807, 2.05) is 6.08 Å². The highest BCUT2D eigenvalue weighted by atomic mass is 16.7. The van der Waals surface area contributed by atoms with Crippen LogP contribution in [0.2, 0.25) is 0 Å². The Morgan fingerprint density at radius 2 is 2.29 bits per heavy atom. The van der Waals surface area contributed by atoms with E-state index in [1.165, 1.54) is 11.1 Å². The highest BCUT2D eigenvalue weighted by Gasteiger charge is 2.37. The van der Waals surface area contributed by atoms with E-state index in [4.69, 9.17) is 9.47 Å². The SMILES string of the molecule is C=CC1C2=C(CCN1CC1CCC([N+](=O)[O-])O1)CC(OC)=C(O)C2. The van der Waals surface area contributed by atoms with Gasteiger partial charge in [-0.2, -0.15) is 0 Å². The summed E-state index contributed by atoms with van der Waals surface area (Å²) in [4.78, 5) is 12.7. The van der Waals surface area contributed by atoms with Crippen LogP contribution in [0.3, 0.4) is 0 Å². The van der Waals surface area contributed by atoms with Gasteiger partial charge in [-0.15, -0.1) is 6.58 Å². The minimum atomic E-state index is -0.873. The van der Waals surface area contributed by atoms with Crippen molar-refractivity contribution in [1.29, 1.82) is 0 Å². The van der Waals surface area contributed by atoms with Crippen LogP contribution in [0.5, 0.6) is 0 Å². The first-order valence-electron chi connectivity index (χ1n) is 8.34. The molecule has 1 N–H and O–H groups in total. The molecule has 0 aromatic rings. The quantitative estimate of drug-likeness (QED) is 0.472. The van der Waals surface area contributed by atoms with Crippen molar-refractivity contribution in [3.8, 4) is 0 Å². The topological polar surface area (TPSA) is 85.1 Å². The Morgan fingerprint density at radius 3 is 2.92 bits per heavy atom. The number of ether oxygens (including phenoxy) is 2. The summed E-state index contributed by atoms with van der Waals surface area (Å²) in [6.07, 6.45) is 4.11. The van der Waals surface area contributed by atoms with E-state index in [2.05, 4.69) is 11.5 Å². The van der Waals surface area contributed by atoms with Gasteiger partial charge in [-0.25, -0.2) is 0 Å². The number of nitro groups is 1. The average molecular weight is 336 g/mol. The molecule has 0 amide bonds. The molecule has 0 radical (unpaired) electrons. The first-order chi connectivity index (χ1) is 11.5. The largest absolute Gasteiger partial charge is 0.508 e. The third-order valence-electron chi connectivity index (χ3n) is 5.19. The van der Waals surface area contributed by atoms with Gasteiger partial charge in [0.1, 0.15) is 11.5 Å². The van der Waals surface area contributed by atoms with Crippen LogP contribution < -0.4 is 0 Å². The summed E-state index contributed by atoms with van der Waals surface area (Å²) in [5, 5.41) is 21.0. The number of nitrogens with zero attached hydrogens (tertiary/aromatic N) is 2. The standard InChI is InChI=1S/C17H24N2O5/c1-3-14-13-9-15(20)16(23-2)8-11(13)6-7-18(14)10-12-4-5-17(24-12)19(21)22/h3,12,14,17,20H,1,4-10H2,2H3. The molecule has 1 saturated heterocycles. The summed E-state index contributed by atoms with van der Waals surface area (Å²) in [7, 11) is 1.58. The van der Waals surface area contributed by atoms with E-state index in [0.717, 1.165) is 13.0 Å². The molecule has 0 aromatic heterocycles. The lowest BCUT2D eigenvalue weighted by Gasteiger charge is -2.40. The zero-order chi connectivity index (χ0) is 17.3. The maximum Gasteiger partial charge on any atom is 0.315 e. The minimum Gasteiger partial charge on any atom is -0.508 e. The first-order valence-corrected chi connectivity index (χ1v) is 8.34. The highest BCUT2D eigenvalue weighted by Crippen LogP contribution is 2.38. The van der Waals surface area contributed by atoms with Crippen LogP contribution in [-0.4, -0.2) is 53.5 Å². The van der Waals surface area contributed by atoms with Gasteiger partial charge >= 0.3 is 6.23 Å². The van der Waals surface area contributed by atoms with Gasteiger partial charge in [0.2, 0.25) is 0 Å². The number of allylic oxidation sites excluding steroid dienone is 2. The van der Waals surface area contributed by atoms with Gasteiger partial charge in [-0.1, -0.05) is 11.6 Å². The van der Waals surface area contributed by atoms with Gasteiger partial charge in [0.15, 0.2) is 0 Å². The fraction of sp³-hybridized carbons (Fsp3) is 0.647. The summed E-state index contributed by atoms with van der Waals surface area (Å²) >= 11 is 0. The van der Waals surface area contributed by atoms with Gasteiger partial charge in [0.25, 0.3) is 0 Å². The Bertz CT molecular complexity index is 598. The molecule has 0 bridgehead atoms. The summed E-state index contributed by atoms with van der Waals surface area (Å²) in [5.41, 5.74) is 2.49. The van der Waals surface area contributed by atoms with E-state index in [0.29, 0.717) is 38.0 Å². The molecule has 7 heteroatoms. The van der Waals surface area contributed by atoms with Crippen molar-refractivity contribution < 1.29 is 19.5 Å². The van der Waals surface area contributed by atoms with Gasteiger partial charge < -0.3 is 14.6 Å². The Morgan fingerprint density at radius 1 is 1.50 bits per heavy atom. The normalized spacial score (nSPS) is 31.1. The van der Waals surface area contributed by atoms with Crippen molar-refractivity contribution in [3.63, 3.8) is 0 Å². The van der Waals surface area contributed by atoms with Crippen molar-refractivity contribution in [2.45, 2.75) is 50.5 Å². The third kappa shape index (κ3) is 3.18. The van der Waals surface area contributed by atoms with Crippen LogP contribution in [0.1, 0.15) is 32.1 Å². The van der Waals surface area contributed by atoms with E-state index >= 15 is 0 Å². The number of aliphatic hydroxyl groups excluding tert-OH is 1. The van der Waals surface area contributed by atoms with Gasteiger partial charge in [0, 0.05) is 38.4 Å². The zero-order valence-electron chi connectivity index (χ0n) is 13.9. The predicted molar refractivity (Wildman–Crippen MR) is 88.0 cm³/mol. The van der Waals surface area contributed by atoms with E-state index < -0.39 is 6.23 Å². The Labute approximate surface area is 141 Å². The Kier molecular flexibility index (Phi) is 4.91. The number of methoxy groups -OCH3 is 1. The number of hydrogen-bond donors (Lipinski definition) is 1. The van der Waals surface area contributed by atoms with Crippen molar-refractivity contribution in [2.24, 2.45) is 0 Å². The fourth-order valence-corrected chi connectivity index (χ4v) is 3.94. The van der Waals surface area contributed by atoms with Crippen LogP contribution in [-0.2, 0) is 9.47 Å². The smallest absolute Gasteiger partial charge is 0.315 e. The van der Waals surface area contributed by atoms with Gasteiger partial charge in [0.05, 0.1) is 18.1 Å². The van der Waals surface area contributed by atoms with Crippen LogP contribution in [0.25, 0.3) is 0 Å². The van der Waals surface area contributed by atoms with E-state index in [9.17, 15) is 15.2 Å². The number of aliphatic hydroxyl groups is 1. The molecular weight excluding hydrogens is 312 g/mol. The maximum atomic E-state index is 10.8. The summed E-state index contributed by atoms with van der Waals surface area (Å²) in [6, 6.07) is 0.0348. The lowest BCUT2D eigenvalue weighted by Crippen LogP contribution is -2.45. The van der Waals surface area contributed by atoms with Crippen LogP contribution in [0.15, 0.2) is 35.3 Å². The molecule has 1 fully saturated rings. The molecule has 3 atom stereocenters. The van der Waals surface area contributed by atoms with Crippen molar-refractivity contribution in [1.82, 2.24) is 4.90 Å². The molecule has 3 unspecified atom stereocenters. The zero-order valence-corrected chi connectivity index (χ0v) is 13.9. The van der Waals surface area contributed by atoms with E-state index in [-0.39, 0.29) is 22.8 Å². The second kappa shape index (κ2) is 6.94. The summed E-state index contributed by atoms with van der Waals surface area (Å²) in [5.74, 6) is 0.938. The Balaban J connectivity index is 1.69. The monoisotopic (exact) mass is 336 g/mol. The number of hydrogen-bond acceptors (Lipinski definition) is 6. The first kappa shape index (κ1) is 17.0. The molecule has 3 aliphatic rings. The fourth-order valence-electron chi connectivity index (χ4n) is 3.94. The molecule has 0 aromatic carbocycles. The third-order valence-corrected chi connectivity index (χ3v) is 5.19. The second-order valence-electron chi connectivity index (χ2n) is 6.56. The minimum absolute atomic E-state index is 0.0348. The lowest BCUT2D eigenvalue weighted by molar-refractivity contribution is -0.571. The highest BCUT2D eigenvalue weighted by molar-refractivity contribution is 5.37. The van der Waals surface area contributed by atoms with E-state index in [1.54, 1.807) is 7.11 Å². The molecule has 1 aliphatic carbocycles. The van der Waals surface area contributed by atoms with Crippen molar-refractivity contribution in [2.75, 3.05) is 20.2 Å². The van der Waals surface area contributed by atoms with Crippen LogP contribution >= 0.6 is 0 Å². The molecule has 0 saturated carbocycles. The van der Waals surface area contributed by atoms with Crippen molar-refractivity contribution >= 4 is 0 Å². The second-order valence-corrected chi connectivity index (χ2v) is 6.56. The molecule has 24 heavy (non-hydrogen) atoms. The maximum absolute atomic E-state index is 10.8. The number of rotatable bonds is 5. The molecule has 2 aliphatic heterocycles. The van der Waals surface area contributed by atoms with Gasteiger partial charge in [-0.05, 0) is 18.4 Å².